The molecule has 0 spiro atoms. The molecule has 4 aromatic carbocycles. The quantitative estimate of drug-likeness (QED) is 0.183. The number of halogens is 2. The number of amides is 2. The standard InChI is InChI=1S/C28H22Cl2N4O2/c29-17-19-7-11-21(12-8-19)27(35)31-23-3-1-5-25(15-23)33-34-26-6-2-4-24(16-26)32-28(36)22-13-9-20(18-30)10-14-22/h1-16H,17-18H2,(H,31,35)(H,32,36)/b34-33+. The number of nitrogens with one attached hydrogen (secondary N) is 2. The highest BCUT2D eigenvalue weighted by Gasteiger charge is 2.08. The monoisotopic (exact) mass is 516 g/mol. The summed E-state index contributed by atoms with van der Waals surface area (Å²) < 4.78 is 0. The molecular formula is C28H22Cl2N4O2. The molecule has 180 valence electrons. The zero-order chi connectivity index (χ0) is 25.3. The smallest absolute Gasteiger partial charge is 0.255 e. The van der Waals surface area contributed by atoms with E-state index >= 15 is 0 Å². The van der Waals surface area contributed by atoms with E-state index in [1.54, 1.807) is 72.8 Å². The number of carbonyl (C=O) groups is 2. The molecule has 4 aromatic rings. The third kappa shape index (κ3) is 6.78. The van der Waals surface area contributed by atoms with Crippen molar-refractivity contribution < 1.29 is 9.59 Å². The summed E-state index contributed by atoms with van der Waals surface area (Å²) in [5.74, 6) is 0.331. The second-order valence-corrected chi connectivity index (χ2v) is 8.40. The Bertz CT molecular complexity index is 1280. The van der Waals surface area contributed by atoms with Gasteiger partial charge < -0.3 is 10.6 Å². The number of benzene rings is 4. The molecule has 2 amide bonds. The van der Waals surface area contributed by atoms with E-state index < -0.39 is 0 Å². The van der Waals surface area contributed by atoms with E-state index in [0.29, 0.717) is 45.6 Å². The largest absolute Gasteiger partial charge is 0.322 e. The van der Waals surface area contributed by atoms with E-state index in [2.05, 4.69) is 20.9 Å². The van der Waals surface area contributed by atoms with Crippen LogP contribution in [0.2, 0.25) is 0 Å². The molecule has 0 saturated heterocycles. The Labute approximate surface area is 219 Å². The number of carbonyl (C=O) groups excluding carboxylic acids is 2. The second kappa shape index (κ2) is 12.1. The van der Waals surface area contributed by atoms with Crippen LogP contribution in [0.25, 0.3) is 0 Å². The van der Waals surface area contributed by atoms with Gasteiger partial charge in [-0.3, -0.25) is 9.59 Å². The van der Waals surface area contributed by atoms with Crippen LogP contribution in [0, 0.1) is 0 Å². The molecule has 0 heterocycles. The van der Waals surface area contributed by atoms with E-state index in [-0.39, 0.29) is 11.8 Å². The first kappa shape index (κ1) is 25.1. The lowest BCUT2D eigenvalue weighted by atomic mass is 10.1. The van der Waals surface area contributed by atoms with Crippen LogP contribution in [0.15, 0.2) is 107 Å². The summed E-state index contributed by atoms with van der Waals surface area (Å²) in [6.07, 6.45) is 0. The highest BCUT2D eigenvalue weighted by molar-refractivity contribution is 6.17. The van der Waals surface area contributed by atoms with Crippen molar-refractivity contribution in [3.63, 3.8) is 0 Å². The van der Waals surface area contributed by atoms with E-state index in [0.717, 1.165) is 11.1 Å². The van der Waals surface area contributed by atoms with E-state index in [1.807, 2.05) is 24.3 Å². The van der Waals surface area contributed by atoms with Gasteiger partial charge in [-0.15, -0.1) is 23.2 Å². The van der Waals surface area contributed by atoms with Gasteiger partial charge in [-0.1, -0.05) is 36.4 Å². The average Bonchev–Trinajstić information content (AvgIpc) is 2.92. The van der Waals surface area contributed by atoms with Crippen molar-refractivity contribution in [2.45, 2.75) is 11.8 Å². The van der Waals surface area contributed by atoms with Crippen molar-refractivity contribution >= 4 is 57.8 Å². The van der Waals surface area contributed by atoms with Crippen molar-refractivity contribution in [2.24, 2.45) is 10.2 Å². The van der Waals surface area contributed by atoms with Crippen molar-refractivity contribution in [3.8, 4) is 0 Å². The highest BCUT2D eigenvalue weighted by atomic mass is 35.5. The molecule has 0 aliphatic heterocycles. The number of nitrogens with zero attached hydrogens (tertiary/aromatic N) is 2. The van der Waals surface area contributed by atoms with Crippen LogP contribution in [-0.4, -0.2) is 11.8 Å². The molecule has 8 heteroatoms. The third-order valence-corrected chi connectivity index (χ3v) is 5.85. The average molecular weight is 517 g/mol. The minimum Gasteiger partial charge on any atom is -0.322 e. The molecule has 0 bridgehead atoms. The van der Waals surface area contributed by atoms with Crippen LogP contribution in [0.4, 0.5) is 22.7 Å². The molecule has 4 rings (SSSR count). The molecule has 36 heavy (non-hydrogen) atoms. The summed E-state index contributed by atoms with van der Waals surface area (Å²) in [6.45, 7) is 0. The maximum atomic E-state index is 12.5. The lowest BCUT2D eigenvalue weighted by molar-refractivity contribution is 0.101. The predicted molar refractivity (Wildman–Crippen MR) is 145 cm³/mol. The van der Waals surface area contributed by atoms with E-state index in [1.165, 1.54) is 0 Å². The number of hydrogen-bond acceptors (Lipinski definition) is 4. The summed E-state index contributed by atoms with van der Waals surface area (Å²) >= 11 is 11.6. The van der Waals surface area contributed by atoms with Gasteiger partial charge in [0, 0.05) is 34.3 Å². The first-order valence-electron chi connectivity index (χ1n) is 11.1. The second-order valence-electron chi connectivity index (χ2n) is 7.87. The van der Waals surface area contributed by atoms with Crippen molar-refractivity contribution in [1.82, 2.24) is 0 Å². The number of hydrogen-bond donors (Lipinski definition) is 2. The Balaban J connectivity index is 1.40. The molecule has 0 aromatic heterocycles. The summed E-state index contributed by atoms with van der Waals surface area (Å²) in [5.41, 5.74) is 5.28. The number of anilines is 2. The van der Waals surface area contributed by atoms with Gasteiger partial charge in [0.05, 0.1) is 11.4 Å². The Morgan fingerprint density at radius 1 is 0.583 bits per heavy atom. The molecule has 0 radical (unpaired) electrons. The molecule has 6 nitrogen and oxygen atoms in total. The Morgan fingerprint density at radius 2 is 0.972 bits per heavy atom. The number of azo groups is 1. The molecule has 0 aliphatic rings. The fourth-order valence-electron chi connectivity index (χ4n) is 3.30. The number of rotatable bonds is 8. The molecule has 0 aliphatic carbocycles. The fraction of sp³-hybridized carbons (Fsp3) is 0.0714. The van der Waals surface area contributed by atoms with Gasteiger partial charge in [-0.25, -0.2) is 0 Å². The molecule has 0 atom stereocenters. The predicted octanol–water partition coefficient (Wildman–Crippen LogP) is 8.08. The van der Waals surface area contributed by atoms with Gasteiger partial charge in [0.15, 0.2) is 0 Å². The van der Waals surface area contributed by atoms with Crippen molar-refractivity contribution in [1.29, 1.82) is 0 Å². The highest BCUT2D eigenvalue weighted by Crippen LogP contribution is 2.24. The molecule has 0 fully saturated rings. The first-order chi connectivity index (χ1) is 17.5. The van der Waals surface area contributed by atoms with Crippen molar-refractivity contribution in [3.05, 3.63) is 119 Å². The van der Waals surface area contributed by atoms with Crippen LogP contribution in [-0.2, 0) is 11.8 Å². The summed E-state index contributed by atoms with van der Waals surface area (Å²) in [4.78, 5) is 25.1. The number of alkyl halides is 2. The topological polar surface area (TPSA) is 82.9 Å². The van der Waals surface area contributed by atoms with Gasteiger partial charge in [0.25, 0.3) is 11.8 Å². The molecule has 0 unspecified atom stereocenters. The van der Waals surface area contributed by atoms with E-state index in [4.69, 9.17) is 23.2 Å². The SMILES string of the molecule is O=C(Nc1cccc(/N=N/c2cccc(NC(=O)c3ccc(CCl)cc3)c2)c1)c1ccc(CCl)cc1. The Hall–Kier alpha value is -4.00. The summed E-state index contributed by atoms with van der Waals surface area (Å²) in [6, 6.07) is 28.4. The van der Waals surface area contributed by atoms with Gasteiger partial charge in [-0.05, 0) is 71.8 Å². The maximum Gasteiger partial charge on any atom is 0.255 e. The van der Waals surface area contributed by atoms with E-state index in [9.17, 15) is 9.59 Å². The zero-order valence-corrected chi connectivity index (χ0v) is 20.6. The van der Waals surface area contributed by atoms with Gasteiger partial charge in [-0.2, -0.15) is 10.2 Å². The summed E-state index contributed by atoms with van der Waals surface area (Å²) in [5, 5.41) is 14.3. The first-order valence-corrected chi connectivity index (χ1v) is 12.2. The zero-order valence-electron chi connectivity index (χ0n) is 19.1. The minimum atomic E-state index is -0.231. The van der Waals surface area contributed by atoms with Crippen molar-refractivity contribution in [2.75, 3.05) is 10.6 Å². The van der Waals surface area contributed by atoms with Crippen LogP contribution < -0.4 is 10.6 Å². The van der Waals surface area contributed by atoms with Gasteiger partial charge >= 0.3 is 0 Å². The molecule has 2 N–H and O–H groups in total. The van der Waals surface area contributed by atoms with Gasteiger partial charge in [0.1, 0.15) is 0 Å². The molecular weight excluding hydrogens is 495 g/mol. The van der Waals surface area contributed by atoms with Gasteiger partial charge in [0.2, 0.25) is 0 Å². The minimum absolute atomic E-state index is 0.231. The summed E-state index contributed by atoms with van der Waals surface area (Å²) in [7, 11) is 0. The van der Waals surface area contributed by atoms with Crippen LogP contribution in [0.1, 0.15) is 31.8 Å². The Kier molecular flexibility index (Phi) is 8.44. The lowest BCUT2D eigenvalue weighted by Crippen LogP contribution is -2.11. The maximum absolute atomic E-state index is 12.5. The Morgan fingerprint density at radius 3 is 1.33 bits per heavy atom. The fourth-order valence-corrected chi connectivity index (χ4v) is 3.66. The third-order valence-electron chi connectivity index (χ3n) is 5.23. The normalized spacial score (nSPS) is 10.8. The molecule has 0 saturated carbocycles. The van der Waals surface area contributed by atoms with Crippen LogP contribution in [0.3, 0.4) is 0 Å². The van der Waals surface area contributed by atoms with Crippen LogP contribution in [0.5, 0.6) is 0 Å². The lowest BCUT2D eigenvalue weighted by Gasteiger charge is -2.07. The van der Waals surface area contributed by atoms with Crippen LogP contribution >= 0.6 is 23.2 Å².